The first-order valence-electron chi connectivity index (χ1n) is 10.1. The van der Waals surface area contributed by atoms with E-state index < -0.39 is 0 Å². The van der Waals surface area contributed by atoms with Crippen LogP contribution in [0.1, 0.15) is 50.7 Å². The smallest absolute Gasteiger partial charge is 0.191 e. The molecule has 5 nitrogen and oxygen atoms in total. The molecule has 0 radical (unpaired) electrons. The number of methoxy groups -OCH3 is 1. The minimum atomic E-state index is 0.644. The summed E-state index contributed by atoms with van der Waals surface area (Å²) in [6.45, 7) is 10.0. The second kappa shape index (κ2) is 11.9. The SMILES string of the molecule is CCNC(=NCc1cccc(COC)c1)NCCCN1CCCCC1C. The van der Waals surface area contributed by atoms with Crippen LogP contribution in [0.5, 0.6) is 0 Å². The molecule has 5 heteroatoms. The lowest BCUT2D eigenvalue weighted by Gasteiger charge is -2.33. The second-order valence-corrected chi connectivity index (χ2v) is 7.11. The molecule has 0 spiro atoms. The number of guanidine groups is 1. The summed E-state index contributed by atoms with van der Waals surface area (Å²) < 4.78 is 5.21. The van der Waals surface area contributed by atoms with Crippen molar-refractivity contribution >= 4 is 5.96 Å². The van der Waals surface area contributed by atoms with Gasteiger partial charge in [-0.15, -0.1) is 0 Å². The molecule has 1 unspecified atom stereocenters. The zero-order chi connectivity index (χ0) is 18.6. The second-order valence-electron chi connectivity index (χ2n) is 7.11. The highest BCUT2D eigenvalue weighted by atomic mass is 16.5. The average Bonchev–Trinajstić information content (AvgIpc) is 2.65. The maximum absolute atomic E-state index is 5.21. The molecule has 1 aliphatic rings. The lowest BCUT2D eigenvalue weighted by atomic mass is 10.0. The summed E-state index contributed by atoms with van der Waals surface area (Å²) in [7, 11) is 1.72. The maximum atomic E-state index is 5.21. The number of benzene rings is 1. The number of aliphatic imine (C=N–C) groups is 1. The molecule has 1 fully saturated rings. The standard InChI is InChI=1S/C21H36N4O/c1-4-22-21(23-12-8-14-25-13-6-5-9-18(25)2)24-16-19-10-7-11-20(15-19)17-26-3/h7,10-11,15,18H,4-6,8-9,12-14,16-17H2,1-3H3,(H2,22,23,24). The van der Waals surface area contributed by atoms with Gasteiger partial charge in [0.2, 0.25) is 0 Å². The van der Waals surface area contributed by atoms with E-state index in [1.54, 1.807) is 7.11 Å². The monoisotopic (exact) mass is 360 g/mol. The summed E-state index contributed by atoms with van der Waals surface area (Å²) in [6, 6.07) is 9.17. The van der Waals surface area contributed by atoms with Crippen molar-refractivity contribution < 1.29 is 4.74 Å². The topological polar surface area (TPSA) is 48.9 Å². The Hall–Kier alpha value is -1.59. The first-order chi connectivity index (χ1) is 12.7. The molecule has 1 atom stereocenters. The van der Waals surface area contributed by atoms with Gasteiger partial charge in [0.25, 0.3) is 0 Å². The minimum absolute atomic E-state index is 0.644. The van der Waals surface area contributed by atoms with E-state index in [4.69, 9.17) is 9.73 Å². The minimum Gasteiger partial charge on any atom is -0.380 e. The number of hydrogen-bond acceptors (Lipinski definition) is 3. The first kappa shape index (κ1) is 20.7. The normalized spacial score (nSPS) is 18.7. The average molecular weight is 361 g/mol. The highest BCUT2D eigenvalue weighted by molar-refractivity contribution is 5.79. The maximum Gasteiger partial charge on any atom is 0.191 e. The van der Waals surface area contributed by atoms with Crippen LogP contribution in [0.25, 0.3) is 0 Å². The Morgan fingerprint density at radius 2 is 2.12 bits per heavy atom. The van der Waals surface area contributed by atoms with Crippen molar-refractivity contribution in [1.82, 2.24) is 15.5 Å². The molecule has 26 heavy (non-hydrogen) atoms. The van der Waals surface area contributed by atoms with E-state index in [2.05, 4.69) is 53.6 Å². The van der Waals surface area contributed by atoms with Crippen molar-refractivity contribution in [3.63, 3.8) is 0 Å². The van der Waals surface area contributed by atoms with Gasteiger partial charge in [0, 0.05) is 32.8 Å². The Labute approximate surface area is 159 Å². The predicted molar refractivity (Wildman–Crippen MR) is 109 cm³/mol. The third kappa shape index (κ3) is 7.34. The Kier molecular flexibility index (Phi) is 9.50. The van der Waals surface area contributed by atoms with Crippen LogP contribution in [-0.4, -0.2) is 50.2 Å². The van der Waals surface area contributed by atoms with Gasteiger partial charge in [-0.1, -0.05) is 30.7 Å². The van der Waals surface area contributed by atoms with Crippen LogP contribution >= 0.6 is 0 Å². The summed E-state index contributed by atoms with van der Waals surface area (Å²) in [5.41, 5.74) is 2.40. The number of hydrogen-bond donors (Lipinski definition) is 2. The van der Waals surface area contributed by atoms with Gasteiger partial charge in [-0.3, -0.25) is 0 Å². The van der Waals surface area contributed by atoms with Crippen molar-refractivity contribution in [1.29, 1.82) is 0 Å². The van der Waals surface area contributed by atoms with Crippen LogP contribution in [0.3, 0.4) is 0 Å². The number of likely N-dealkylation sites (tertiary alicyclic amines) is 1. The van der Waals surface area contributed by atoms with Crippen LogP contribution in [0.15, 0.2) is 29.3 Å². The molecule has 1 aromatic rings. The van der Waals surface area contributed by atoms with Crippen LogP contribution in [-0.2, 0) is 17.9 Å². The van der Waals surface area contributed by atoms with E-state index in [0.29, 0.717) is 13.2 Å². The first-order valence-corrected chi connectivity index (χ1v) is 10.1. The molecule has 1 saturated heterocycles. The van der Waals surface area contributed by atoms with E-state index in [1.807, 2.05) is 0 Å². The zero-order valence-corrected chi connectivity index (χ0v) is 16.8. The van der Waals surface area contributed by atoms with Gasteiger partial charge in [-0.2, -0.15) is 0 Å². The van der Waals surface area contributed by atoms with Gasteiger partial charge in [0.1, 0.15) is 0 Å². The van der Waals surface area contributed by atoms with Crippen LogP contribution in [0, 0.1) is 0 Å². The highest BCUT2D eigenvalue weighted by Crippen LogP contribution is 2.16. The van der Waals surface area contributed by atoms with Gasteiger partial charge in [-0.05, 0) is 50.8 Å². The molecule has 2 rings (SSSR count). The fourth-order valence-corrected chi connectivity index (χ4v) is 3.48. The predicted octanol–water partition coefficient (Wildman–Crippen LogP) is 3.15. The number of rotatable bonds is 9. The molecule has 0 aromatic heterocycles. The molecule has 1 heterocycles. The van der Waals surface area contributed by atoms with Gasteiger partial charge < -0.3 is 20.3 Å². The van der Waals surface area contributed by atoms with Crippen LogP contribution in [0.2, 0.25) is 0 Å². The largest absolute Gasteiger partial charge is 0.380 e. The number of piperidine rings is 1. The quantitative estimate of drug-likeness (QED) is 0.403. The summed E-state index contributed by atoms with van der Waals surface area (Å²) in [5.74, 6) is 0.899. The van der Waals surface area contributed by atoms with Gasteiger partial charge in [0.05, 0.1) is 13.2 Å². The molecule has 146 valence electrons. The molecule has 0 aliphatic carbocycles. The van der Waals surface area contributed by atoms with E-state index in [1.165, 1.54) is 43.5 Å². The summed E-state index contributed by atoms with van der Waals surface area (Å²) in [4.78, 5) is 7.35. The van der Waals surface area contributed by atoms with E-state index >= 15 is 0 Å². The summed E-state index contributed by atoms with van der Waals surface area (Å²) >= 11 is 0. The molecule has 1 aromatic carbocycles. The molecule has 2 N–H and O–H groups in total. The summed E-state index contributed by atoms with van der Waals surface area (Å²) in [6.07, 6.45) is 5.24. The van der Waals surface area contributed by atoms with Gasteiger partial charge >= 0.3 is 0 Å². The fourth-order valence-electron chi connectivity index (χ4n) is 3.48. The Morgan fingerprint density at radius 3 is 2.88 bits per heavy atom. The van der Waals surface area contributed by atoms with Crippen molar-refractivity contribution in [3.05, 3.63) is 35.4 Å². The Bertz CT molecular complexity index is 547. The zero-order valence-electron chi connectivity index (χ0n) is 16.8. The molecular weight excluding hydrogens is 324 g/mol. The fraction of sp³-hybridized carbons (Fsp3) is 0.667. The van der Waals surface area contributed by atoms with Crippen molar-refractivity contribution in [3.8, 4) is 0 Å². The van der Waals surface area contributed by atoms with Crippen molar-refractivity contribution in [2.24, 2.45) is 4.99 Å². The molecule has 0 bridgehead atoms. The van der Waals surface area contributed by atoms with E-state index in [9.17, 15) is 0 Å². The number of nitrogens with one attached hydrogen (secondary N) is 2. The van der Waals surface area contributed by atoms with Gasteiger partial charge in [0.15, 0.2) is 5.96 Å². The van der Waals surface area contributed by atoms with Crippen LogP contribution < -0.4 is 10.6 Å². The van der Waals surface area contributed by atoms with E-state index in [-0.39, 0.29) is 0 Å². The van der Waals surface area contributed by atoms with Crippen molar-refractivity contribution in [2.45, 2.75) is 58.7 Å². The molecule has 0 amide bonds. The molecule has 0 saturated carbocycles. The van der Waals surface area contributed by atoms with E-state index in [0.717, 1.165) is 31.5 Å². The Morgan fingerprint density at radius 1 is 1.27 bits per heavy atom. The third-order valence-electron chi connectivity index (χ3n) is 4.92. The highest BCUT2D eigenvalue weighted by Gasteiger charge is 2.17. The third-order valence-corrected chi connectivity index (χ3v) is 4.92. The number of nitrogens with zero attached hydrogens (tertiary/aromatic N) is 2. The summed E-state index contributed by atoms with van der Waals surface area (Å²) in [5, 5.41) is 6.81. The number of ether oxygens (including phenoxy) is 1. The van der Waals surface area contributed by atoms with Gasteiger partial charge in [-0.25, -0.2) is 4.99 Å². The molecular formula is C21H36N4O. The Balaban J connectivity index is 1.77. The van der Waals surface area contributed by atoms with Crippen LogP contribution in [0.4, 0.5) is 0 Å². The lowest BCUT2D eigenvalue weighted by Crippen LogP contribution is -2.41. The van der Waals surface area contributed by atoms with Crippen molar-refractivity contribution in [2.75, 3.05) is 33.3 Å². The molecule has 1 aliphatic heterocycles. The lowest BCUT2D eigenvalue weighted by molar-refractivity contribution is 0.159.